The Kier molecular flexibility index (Phi) is 14.4. The van der Waals surface area contributed by atoms with Crippen LogP contribution in [0.1, 0.15) is 145 Å². The van der Waals surface area contributed by atoms with Crippen LogP contribution < -0.4 is 10.9 Å². The Labute approximate surface area is 279 Å². The molecule has 0 aliphatic heterocycles. The second kappa shape index (κ2) is 17.1. The van der Waals surface area contributed by atoms with Gasteiger partial charge < -0.3 is 23.4 Å². The van der Waals surface area contributed by atoms with Crippen LogP contribution in [0.15, 0.2) is 30.1 Å². The molecule has 2 aromatic rings. The Hall–Kier alpha value is -3.46. The van der Waals surface area contributed by atoms with Gasteiger partial charge in [-0.05, 0) is 46.6 Å². The molecule has 0 fully saturated rings. The zero-order chi connectivity index (χ0) is 35.9. The van der Waals surface area contributed by atoms with E-state index in [1.807, 2.05) is 54.5 Å². The fourth-order valence-electron chi connectivity index (χ4n) is 6.38. The molecule has 0 radical (unpaired) electrons. The molecule has 0 aliphatic carbocycles. The number of aliphatic hydroxyl groups is 1. The summed E-state index contributed by atoms with van der Waals surface area (Å²) in [6, 6.07) is 0. The maximum absolute atomic E-state index is 13.4. The van der Waals surface area contributed by atoms with Crippen LogP contribution in [0.25, 0.3) is 0 Å². The van der Waals surface area contributed by atoms with Gasteiger partial charge in [0.2, 0.25) is 0 Å². The van der Waals surface area contributed by atoms with Gasteiger partial charge in [-0.25, -0.2) is 0 Å². The van der Waals surface area contributed by atoms with Crippen molar-refractivity contribution in [3.05, 3.63) is 77.4 Å². The SMILES string of the molecule is CCC(=O)O[C@H]([C@@H](C)[C@@H](OC(=O)CC)/C(C)=C/[C@@H](C)c1oc(CC)c(C)c(=O)c1C)[C@@H](C)c1oc([C@@H](C)[C@@H](O)CC)c(C)c(=O)c1C. The lowest BCUT2D eigenvalue weighted by Gasteiger charge is -2.35. The number of aryl methyl sites for hydroxylation is 1. The Morgan fingerprint density at radius 3 is 1.74 bits per heavy atom. The van der Waals surface area contributed by atoms with E-state index in [0.29, 0.717) is 63.7 Å². The summed E-state index contributed by atoms with van der Waals surface area (Å²) >= 11 is 0. The summed E-state index contributed by atoms with van der Waals surface area (Å²) in [6.07, 6.45) is 0.847. The maximum atomic E-state index is 13.4. The summed E-state index contributed by atoms with van der Waals surface area (Å²) in [5.74, 6) is -0.912. The summed E-state index contributed by atoms with van der Waals surface area (Å²) in [4.78, 5) is 52.1. The van der Waals surface area contributed by atoms with E-state index < -0.39 is 48.0 Å². The van der Waals surface area contributed by atoms with Crippen LogP contribution in [0.3, 0.4) is 0 Å². The molecule has 0 aliphatic rings. The highest BCUT2D eigenvalue weighted by Crippen LogP contribution is 2.36. The summed E-state index contributed by atoms with van der Waals surface area (Å²) in [6.45, 7) is 23.3. The van der Waals surface area contributed by atoms with Crippen LogP contribution in [-0.2, 0) is 25.5 Å². The van der Waals surface area contributed by atoms with Crippen molar-refractivity contribution >= 4 is 11.9 Å². The van der Waals surface area contributed by atoms with Crippen LogP contribution in [-0.4, -0.2) is 35.4 Å². The van der Waals surface area contributed by atoms with Gasteiger partial charge in [0.1, 0.15) is 35.2 Å². The van der Waals surface area contributed by atoms with E-state index in [-0.39, 0.29) is 29.6 Å². The summed E-state index contributed by atoms with van der Waals surface area (Å²) in [5, 5.41) is 10.6. The highest BCUT2D eigenvalue weighted by Gasteiger charge is 2.39. The van der Waals surface area contributed by atoms with Crippen LogP contribution in [0.4, 0.5) is 0 Å². The second-order valence-electron chi connectivity index (χ2n) is 12.9. The van der Waals surface area contributed by atoms with Crippen molar-refractivity contribution in [3.63, 3.8) is 0 Å². The second-order valence-corrected chi connectivity index (χ2v) is 12.9. The molecule has 2 aromatic heterocycles. The predicted octanol–water partition coefficient (Wildman–Crippen LogP) is 7.40. The summed E-state index contributed by atoms with van der Waals surface area (Å²) in [7, 11) is 0. The van der Waals surface area contributed by atoms with Crippen LogP contribution >= 0.6 is 0 Å². The molecule has 1 N–H and O–H groups in total. The van der Waals surface area contributed by atoms with Crippen molar-refractivity contribution in [2.24, 2.45) is 5.92 Å². The number of esters is 2. The first kappa shape index (κ1) is 39.7. The molecule has 0 amide bonds. The van der Waals surface area contributed by atoms with Crippen molar-refractivity contribution in [3.8, 4) is 0 Å². The molecular weight excluding hydrogens is 600 g/mol. The van der Waals surface area contributed by atoms with Crippen molar-refractivity contribution in [1.82, 2.24) is 0 Å². The fourth-order valence-corrected chi connectivity index (χ4v) is 6.38. The van der Waals surface area contributed by atoms with Gasteiger partial charge in [-0.3, -0.25) is 19.2 Å². The molecule has 7 atom stereocenters. The molecule has 0 saturated heterocycles. The third-order valence-corrected chi connectivity index (χ3v) is 9.45. The zero-order valence-corrected chi connectivity index (χ0v) is 30.7. The molecule has 0 saturated carbocycles. The average Bonchev–Trinajstić information content (AvgIpc) is 3.05. The van der Waals surface area contributed by atoms with Crippen LogP contribution in [0.2, 0.25) is 0 Å². The molecule has 9 nitrogen and oxygen atoms in total. The number of hydrogen-bond donors (Lipinski definition) is 1. The Morgan fingerprint density at radius 1 is 0.745 bits per heavy atom. The predicted molar refractivity (Wildman–Crippen MR) is 183 cm³/mol. The number of carbonyl (C=O) groups is 2. The number of rotatable bonds is 15. The van der Waals surface area contributed by atoms with E-state index in [9.17, 15) is 24.3 Å². The van der Waals surface area contributed by atoms with Crippen molar-refractivity contribution in [2.75, 3.05) is 0 Å². The number of allylic oxidation sites excluding steroid dienone is 1. The summed E-state index contributed by atoms with van der Waals surface area (Å²) in [5.41, 5.74) is 2.38. The van der Waals surface area contributed by atoms with Crippen molar-refractivity contribution in [2.45, 2.75) is 152 Å². The Balaban J connectivity index is 2.73. The minimum Gasteiger partial charge on any atom is -0.465 e. The Bertz CT molecular complexity index is 1560. The van der Waals surface area contributed by atoms with Gasteiger partial charge in [0, 0.05) is 59.3 Å². The molecule has 0 unspecified atom stereocenters. The van der Waals surface area contributed by atoms with E-state index in [0.717, 1.165) is 0 Å². The topological polar surface area (TPSA) is 133 Å². The minimum atomic E-state index is -0.856. The van der Waals surface area contributed by atoms with E-state index in [1.165, 1.54) is 0 Å². The number of hydrogen-bond acceptors (Lipinski definition) is 9. The van der Waals surface area contributed by atoms with E-state index in [1.54, 1.807) is 41.5 Å². The molecule has 47 heavy (non-hydrogen) atoms. The normalized spacial score (nSPS) is 16.5. The third kappa shape index (κ3) is 8.92. The van der Waals surface area contributed by atoms with Gasteiger partial charge in [-0.2, -0.15) is 0 Å². The highest BCUT2D eigenvalue weighted by atomic mass is 16.6. The molecule has 2 rings (SSSR count). The van der Waals surface area contributed by atoms with Gasteiger partial charge in [0.15, 0.2) is 10.9 Å². The zero-order valence-electron chi connectivity index (χ0n) is 30.7. The maximum Gasteiger partial charge on any atom is 0.306 e. The highest BCUT2D eigenvalue weighted by molar-refractivity contribution is 5.70. The lowest BCUT2D eigenvalue weighted by molar-refractivity contribution is -0.160. The fraction of sp³-hybridized carbons (Fsp3) is 0.632. The lowest BCUT2D eigenvalue weighted by Crippen LogP contribution is -2.40. The molecule has 0 aromatic carbocycles. The van der Waals surface area contributed by atoms with Gasteiger partial charge in [-0.15, -0.1) is 0 Å². The monoisotopic (exact) mass is 656 g/mol. The standard InChI is InChI=1S/C38H56O9/c1-14-28(39)21(7)36-24(10)33(43)25(11)37(47-36)27(13)38(46-31(41)17-4)26(12)35(45-30(40)16-3)20(6)18-19(5)34-23(9)32(42)22(8)29(15-2)44-34/h18-19,21,26-28,35,38-39H,14-17H2,1-13H3/b20-18+/t19-,21+,26+,27+,28+,35+,38-/m1/s1. The van der Waals surface area contributed by atoms with Crippen molar-refractivity contribution in [1.29, 1.82) is 0 Å². The lowest BCUT2D eigenvalue weighted by atomic mass is 9.82. The molecule has 0 spiro atoms. The van der Waals surface area contributed by atoms with Crippen LogP contribution in [0, 0.1) is 33.6 Å². The van der Waals surface area contributed by atoms with Gasteiger partial charge in [0.25, 0.3) is 0 Å². The smallest absolute Gasteiger partial charge is 0.306 e. The number of carbonyl (C=O) groups excluding carboxylic acids is 2. The van der Waals surface area contributed by atoms with E-state index in [4.69, 9.17) is 18.3 Å². The molecule has 9 heteroatoms. The summed E-state index contributed by atoms with van der Waals surface area (Å²) < 4.78 is 24.7. The first-order valence-corrected chi connectivity index (χ1v) is 17.0. The molecule has 2 heterocycles. The molecule has 262 valence electrons. The van der Waals surface area contributed by atoms with E-state index in [2.05, 4.69) is 0 Å². The third-order valence-electron chi connectivity index (χ3n) is 9.45. The first-order chi connectivity index (χ1) is 22.0. The average molecular weight is 657 g/mol. The molecular formula is C38H56O9. The largest absolute Gasteiger partial charge is 0.465 e. The van der Waals surface area contributed by atoms with Gasteiger partial charge in [0.05, 0.1) is 12.0 Å². The molecule has 0 bridgehead atoms. The van der Waals surface area contributed by atoms with Gasteiger partial charge in [-0.1, -0.05) is 61.5 Å². The van der Waals surface area contributed by atoms with Gasteiger partial charge >= 0.3 is 11.9 Å². The number of aliphatic hydroxyl groups excluding tert-OH is 1. The Morgan fingerprint density at radius 2 is 1.23 bits per heavy atom. The van der Waals surface area contributed by atoms with Crippen molar-refractivity contribution < 1.29 is 33.0 Å². The first-order valence-electron chi connectivity index (χ1n) is 17.0. The quantitative estimate of drug-likeness (QED) is 0.154. The van der Waals surface area contributed by atoms with Crippen LogP contribution in [0.5, 0.6) is 0 Å². The minimum absolute atomic E-state index is 0.0567. The number of ether oxygens (including phenoxy) is 2. The van der Waals surface area contributed by atoms with E-state index >= 15 is 0 Å².